The lowest BCUT2D eigenvalue weighted by Gasteiger charge is -2.29. The molecule has 14 heavy (non-hydrogen) atoms. The fourth-order valence-corrected chi connectivity index (χ4v) is 1.18. The first-order valence-corrected chi connectivity index (χ1v) is 4.71. The van der Waals surface area contributed by atoms with Crippen molar-refractivity contribution < 1.29 is 14.6 Å². The molecule has 0 radical (unpaired) electrons. The summed E-state index contributed by atoms with van der Waals surface area (Å²) in [5, 5.41) is 9.29. The zero-order chi connectivity index (χ0) is 10.8. The van der Waals surface area contributed by atoms with Crippen LogP contribution in [0.25, 0.3) is 0 Å². The van der Waals surface area contributed by atoms with Gasteiger partial charge in [0, 0.05) is 6.54 Å². The van der Waals surface area contributed by atoms with Gasteiger partial charge in [0.25, 0.3) is 0 Å². The van der Waals surface area contributed by atoms with Gasteiger partial charge >= 0.3 is 6.09 Å². The largest absolute Gasteiger partial charge is 0.444 e. The number of nitrogens with zero attached hydrogens (tertiary/aromatic N) is 1. The van der Waals surface area contributed by atoms with E-state index in [9.17, 15) is 9.90 Å². The number of hydrogen-bond acceptors (Lipinski definition) is 3. The molecule has 4 heteroatoms. The number of carbonyl (C=O) groups excluding carboxylic acids is 1. The standard InChI is InChI=1S/C10H17NO3/c1-10(2,3)14-9(13)11-6-4-5-8(12)7-11/h4-5,8,12H,6-7H2,1-3H3. The van der Waals surface area contributed by atoms with E-state index in [1.54, 1.807) is 12.2 Å². The van der Waals surface area contributed by atoms with Crippen molar-refractivity contribution in [3.05, 3.63) is 12.2 Å². The van der Waals surface area contributed by atoms with Gasteiger partial charge in [0.2, 0.25) is 0 Å². The van der Waals surface area contributed by atoms with Crippen LogP contribution in [-0.2, 0) is 4.74 Å². The third kappa shape index (κ3) is 3.38. The zero-order valence-electron chi connectivity index (χ0n) is 8.86. The Morgan fingerprint density at radius 2 is 2.21 bits per heavy atom. The van der Waals surface area contributed by atoms with Gasteiger partial charge in [0.1, 0.15) is 5.60 Å². The molecule has 0 aromatic heterocycles. The van der Waals surface area contributed by atoms with Crippen LogP contribution in [0.2, 0.25) is 0 Å². The van der Waals surface area contributed by atoms with E-state index in [4.69, 9.17) is 4.74 Å². The van der Waals surface area contributed by atoms with Crippen LogP contribution < -0.4 is 0 Å². The number of rotatable bonds is 0. The highest BCUT2D eigenvalue weighted by Crippen LogP contribution is 2.11. The summed E-state index contributed by atoms with van der Waals surface area (Å²) in [5.74, 6) is 0. The van der Waals surface area contributed by atoms with Gasteiger partial charge in [-0.05, 0) is 20.8 Å². The van der Waals surface area contributed by atoms with Crippen molar-refractivity contribution in [3.63, 3.8) is 0 Å². The van der Waals surface area contributed by atoms with Gasteiger partial charge in [-0.25, -0.2) is 4.79 Å². The highest BCUT2D eigenvalue weighted by Gasteiger charge is 2.24. The molecule has 1 aliphatic rings. The summed E-state index contributed by atoms with van der Waals surface area (Å²) in [6, 6.07) is 0. The molecule has 1 aliphatic heterocycles. The van der Waals surface area contributed by atoms with Crippen LogP contribution in [0.4, 0.5) is 4.79 Å². The summed E-state index contributed by atoms with van der Waals surface area (Å²) < 4.78 is 5.17. The summed E-state index contributed by atoms with van der Waals surface area (Å²) >= 11 is 0. The molecule has 1 rings (SSSR count). The average molecular weight is 199 g/mol. The monoisotopic (exact) mass is 199 g/mol. The van der Waals surface area contributed by atoms with Crippen molar-refractivity contribution in [2.75, 3.05) is 13.1 Å². The zero-order valence-corrected chi connectivity index (χ0v) is 8.86. The van der Waals surface area contributed by atoms with Crippen molar-refractivity contribution >= 4 is 6.09 Å². The summed E-state index contributed by atoms with van der Waals surface area (Å²) in [4.78, 5) is 13.0. The van der Waals surface area contributed by atoms with Crippen LogP contribution in [0.3, 0.4) is 0 Å². The van der Waals surface area contributed by atoms with Crippen molar-refractivity contribution in [1.29, 1.82) is 0 Å². The Bertz CT molecular complexity index is 242. The van der Waals surface area contributed by atoms with Crippen LogP contribution in [0.5, 0.6) is 0 Å². The van der Waals surface area contributed by atoms with E-state index in [1.807, 2.05) is 20.8 Å². The Balaban J connectivity index is 2.50. The van der Waals surface area contributed by atoms with Crippen molar-refractivity contribution in [1.82, 2.24) is 4.90 Å². The van der Waals surface area contributed by atoms with Crippen LogP contribution in [0, 0.1) is 0 Å². The predicted octanol–water partition coefficient (Wildman–Crippen LogP) is 1.15. The topological polar surface area (TPSA) is 49.8 Å². The molecule has 0 spiro atoms. The fraction of sp³-hybridized carbons (Fsp3) is 0.700. The van der Waals surface area contributed by atoms with Crippen LogP contribution in [0.15, 0.2) is 12.2 Å². The van der Waals surface area contributed by atoms with Crippen molar-refractivity contribution in [2.45, 2.75) is 32.5 Å². The van der Waals surface area contributed by atoms with Crippen LogP contribution in [0.1, 0.15) is 20.8 Å². The second kappa shape index (κ2) is 4.00. The molecule has 1 atom stereocenters. The van der Waals surface area contributed by atoms with Gasteiger partial charge in [-0.1, -0.05) is 12.2 Å². The second-order valence-corrected chi connectivity index (χ2v) is 4.38. The fourth-order valence-electron chi connectivity index (χ4n) is 1.18. The van der Waals surface area contributed by atoms with E-state index in [0.717, 1.165) is 0 Å². The SMILES string of the molecule is CC(C)(C)OC(=O)N1CC=CC(O)C1. The van der Waals surface area contributed by atoms with Gasteiger partial charge in [0.05, 0.1) is 12.6 Å². The van der Waals surface area contributed by atoms with E-state index < -0.39 is 11.7 Å². The highest BCUT2D eigenvalue weighted by molar-refractivity contribution is 5.68. The molecule has 1 amide bonds. The molecule has 0 aromatic rings. The maximum Gasteiger partial charge on any atom is 0.410 e. The molecule has 1 unspecified atom stereocenters. The van der Waals surface area contributed by atoms with Crippen LogP contribution >= 0.6 is 0 Å². The molecule has 80 valence electrons. The minimum Gasteiger partial charge on any atom is -0.444 e. The minimum atomic E-state index is -0.573. The van der Waals surface area contributed by atoms with Crippen molar-refractivity contribution in [3.8, 4) is 0 Å². The number of ether oxygens (including phenoxy) is 1. The van der Waals surface area contributed by atoms with Crippen LogP contribution in [-0.4, -0.2) is 40.9 Å². The predicted molar refractivity (Wildman–Crippen MR) is 53.0 cm³/mol. The maximum absolute atomic E-state index is 11.5. The maximum atomic E-state index is 11.5. The van der Waals surface area contributed by atoms with E-state index in [1.165, 1.54) is 4.90 Å². The van der Waals surface area contributed by atoms with Gasteiger partial charge in [-0.15, -0.1) is 0 Å². The molecular formula is C10H17NO3. The lowest BCUT2D eigenvalue weighted by Crippen LogP contribution is -2.42. The Kier molecular flexibility index (Phi) is 3.16. The minimum absolute atomic E-state index is 0.311. The molecule has 0 saturated carbocycles. The van der Waals surface area contributed by atoms with Crippen molar-refractivity contribution in [2.24, 2.45) is 0 Å². The lowest BCUT2D eigenvalue weighted by molar-refractivity contribution is 0.0189. The number of β-amino-alcohol motifs (C(OH)–C–C–N with tert-alkyl or cyclic N) is 1. The van der Waals surface area contributed by atoms with Gasteiger partial charge in [0.15, 0.2) is 0 Å². The Hall–Kier alpha value is -1.03. The van der Waals surface area contributed by atoms with E-state index >= 15 is 0 Å². The van der Waals surface area contributed by atoms with Gasteiger partial charge < -0.3 is 14.7 Å². The number of carbonyl (C=O) groups is 1. The molecule has 0 bridgehead atoms. The smallest absolute Gasteiger partial charge is 0.410 e. The lowest BCUT2D eigenvalue weighted by atomic mass is 10.2. The summed E-state index contributed by atoms with van der Waals surface area (Å²) in [5.41, 5.74) is -0.483. The quantitative estimate of drug-likeness (QED) is 0.595. The molecule has 4 nitrogen and oxygen atoms in total. The third-order valence-corrected chi connectivity index (χ3v) is 1.74. The number of aliphatic hydroxyl groups excluding tert-OH is 1. The number of aliphatic hydroxyl groups is 1. The normalized spacial score (nSPS) is 22.3. The first kappa shape index (κ1) is 11.0. The Morgan fingerprint density at radius 1 is 1.57 bits per heavy atom. The summed E-state index contributed by atoms with van der Waals surface area (Å²) in [6.07, 6.45) is 2.50. The molecule has 1 N–H and O–H groups in total. The number of hydrogen-bond donors (Lipinski definition) is 1. The number of amides is 1. The van der Waals surface area contributed by atoms with E-state index in [2.05, 4.69) is 0 Å². The first-order chi connectivity index (χ1) is 6.38. The Morgan fingerprint density at radius 3 is 2.71 bits per heavy atom. The Labute approximate surface area is 84.2 Å². The third-order valence-electron chi connectivity index (χ3n) is 1.74. The van der Waals surface area contributed by atoms with E-state index in [0.29, 0.717) is 13.1 Å². The second-order valence-electron chi connectivity index (χ2n) is 4.38. The molecule has 0 aliphatic carbocycles. The molecule has 0 saturated heterocycles. The molecular weight excluding hydrogens is 182 g/mol. The molecule has 0 fully saturated rings. The highest BCUT2D eigenvalue weighted by atomic mass is 16.6. The molecule has 0 aromatic carbocycles. The summed E-state index contributed by atoms with van der Waals surface area (Å²) in [6.45, 7) is 6.28. The first-order valence-electron chi connectivity index (χ1n) is 4.71. The van der Waals surface area contributed by atoms with E-state index in [-0.39, 0.29) is 6.09 Å². The average Bonchev–Trinajstić information content (AvgIpc) is 2.01. The summed E-state index contributed by atoms with van der Waals surface area (Å²) in [7, 11) is 0. The molecule has 1 heterocycles. The van der Waals surface area contributed by atoms with Gasteiger partial charge in [-0.2, -0.15) is 0 Å². The van der Waals surface area contributed by atoms with Gasteiger partial charge in [-0.3, -0.25) is 0 Å².